The van der Waals surface area contributed by atoms with Gasteiger partial charge < -0.3 is 14.8 Å². The van der Waals surface area contributed by atoms with Crippen LogP contribution in [0.4, 0.5) is 4.39 Å². The molecule has 1 unspecified atom stereocenters. The van der Waals surface area contributed by atoms with Crippen LogP contribution in [0.3, 0.4) is 0 Å². The van der Waals surface area contributed by atoms with Crippen LogP contribution >= 0.6 is 0 Å². The van der Waals surface area contributed by atoms with Crippen molar-refractivity contribution in [2.45, 2.75) is 43.8 Å². The lowest BCUT2D eigenvalue weighted by Gasteiger charge is -2.39. The number of rotatable bonds is 3. The van der Waals surface area contributed by atoms with E-state index in [0.717, 1.165) is 25.7 Å². The summed E-state index contributed by atoms with van der Waals surface area (Å²) in [5.74, 6) is -0.136. The molecular formula is C19H21FN4O2. The van der Waals surface area contributed by atoms with Gasteiger partial charge in [-0.1, -0.05) is 0 Å². The second-order valence-electron chi connectivity index (χ2n) is 7.11. The van der Waals surface area contributed by atoms with E-state index in [-0.39, 0.29) is 35.8 Å². The molecule has 0 aliphatic carbocycles. The average molecular weight is 356 g/mol. The summed E-state index contributed by atoms with van der Waals surface area (Å²) in [5.41, 5.74) is 0.449. The Kier molecular flexibility index (Phi) is 4.22. The third-order valence-corrected chi connectivity index (χ3v) is 5.42. The molecule has 1 aromatic heterocycles. The minimum Gasteiger partial charge on any atom is -0.349 e. The molecule has 2 saturated heterocycles. The van der Waals surface area contributed by atoms with E-state index < -0.39 is 0 Å². The Balaban J connectivity index is 1.43. The van der Waals surface area contributed by atoms with Crippen molar-refractivity contribution in [3.05, 3.63) is 53.9 Å². The number of amides is 2. The molecule has 2 bridgehead atoms. The molecule has 6 nitrogen and oxygen atoms in total. The van der Waals surface area contributed by atoms with Gasteiger partial charge in [0.05, 0.1) is 0 Å². The summed E-state index contributed by atoms with van der Waals surface area (Å²) < 4.78 is 14.7. The van der Waals surface area contributed by atoms with E-state index in [4.69, 9.17) is 0 Å². The SMILES string of the molecule is Cn1ccnc1C(=O)N1[C@@H]2CC[C@H]1CC(NC(=O)c1ccc(F)cc1)C2. The number of nitrogens with one attached hydrogen (secondary N) is 1. The van der Waals surface area contributed by atoms with Crippen molar-refractivity contribution in [3.63, 3.8) is 0 Å². The van der Waals surface area contributed by atoms with E-state index in [9.17, 15) is 14.0 Å². The number of imidazole rings is 1. The Morgan fingerprint density at radius 3 is 2.38 bits per heavy atom. The first-order chi connectivity index (χ1) is 12.5. The van der Waals surface area contributed by atoms with Gasteiger partial charge in [-0.15, -0.1) is 0 Å². The van der Waals surface area contributed by atoms with Crippen LogP contribution < -0.4 is 5.32 Å². The number of hydrogen-bond donors (Lipinski definition) is 1. The number of piperidine rings is 1. The number of nitrogens with zero attached hydrogens (tertiary/aromatic N) is 3. The van der Waals surface area contributed by atoms with Gasteiger partial charge in [-0.3, -0.25) is 9.59 Å². The summed E-state index contributed by atoms with van der Waals surface area (Å²) in [6.07, 6.45) is 6.77. The zero-order chi connectivity index (χ0) is 18.3. The van der Waals surface area contributed by atoms with Gasteiger partial charge in [-0.25, -0.2) is 9.37 Å². The van der Waals surface area contributed by atoms with Crippen LogP contribution in [0.5, 0.6) is 0 Å². The second-order valence-corrected chi connectivity index (χ2v) is 7.11. The molecule has 0 saturated carbocycles. The number of fused-ring (bicyclic) bond motifs is 2. The zero-order valence-electron chi connectivity index (χ0n) is 14.6. The van der Waals surface area contributed by atoms with Crippen molar-refractivity contribution < 1.29 is 14.0 Å². The van der Waals surface area contributed by atoms with Gasteiger partial charge in [-0.2, -0.15) is 0 Å². The molecule has 3 atom stereocenters. The Morgan fingerprint density at radius 1 is 1.15 bits per heavy atom. The molecule has 4 rings (SSSR count). The van der Waals surface area contributed by atoms with Crippen LogP contribution in [-0.4, -0.2) is 44.4 Å². The quantitative estimate of drug-likeness (QED) is 0.916. The van der Waals surface area contributed by atoms with Gasteiger partial charge >= 0.3 is 0 Å². The normalized spacial score (nSPS) is 24.5. The van der Waals surface area contributed by atoms with Gasteiger partial charge in [0.15, 0.2) is 5.82 Å². The van der Waals surface area contributed by atoms with Gasteiger partial charge in [0.2, 0.25) is 0 Å². The van der Waals surface area contributed by atoms with Crippen LogP contribution in [0, 0.1) is 5.82 Å². The standard InChI is InChI=1S/C19H21FN4O2/c1-23-9-8-21-17(23)19(26)24-15-6-7-16(24)11-14(10-15)22-18(25)12-2-4-13(20)5-3-12/h2-5,8-9,14-16H,6-7,10-11H2,1H3,(H,22,25)/t14?,15-,16+. The van der Waals surface area contributed by atoms with Crippen molar-refractivity contribution in [3.8, 4) is 0 Å². The Morgan fingerprint density at radius 2 is 1.81 bits per heavy atom. The molecule has 2 aliphatic rings. The highest BCUT2D eigenvalue weighted by atomic mass is 19.1. The molecule has 2 aromatic rings. The molecule has 1 N–H and O–H groups in total. The third-order valence-electron chi connectivity index (χ3n) is 5.42. The van der Waals surface area contributed by atoms with Gasteiger partial charge in [0.25, 0.3) is 11.8 Å². The maximum absolute atomic E-state index is 13.0. The molecule has 26 heavy (non-hydrogen) atoms. The fraction of sp³-hybridized carbons (Fsp3) is 0.421. The largest absolute Gasteiger partial charge is 0.349 e. The van der Waals surface area contributed by atoms with Crippen molar-refractivity contribution in [2.24, 2.45) is 7.05 Å². The highest BCUT2D eigenvalue weighted by Gasteiger charge is 2.44. The Labute approximate surface area is 151 Å². The summed E-state index contributed by atoms with van der Waals surface area (Å²) >= 11 is 0. The number of carbonyl (C=O) groups excluding carboxylic acids is 2. The zero-order valence-corrected chi connectivity index (χ0v) is 14.6. The molecule has 0 radical (unpaired) electrons. The van der Waals surface area contributed by atoms with E-state index in [1.165, 1.54) is 24.3 Å². The van der Waals surface area contributed by atoms with Crippen LogP contribution in [0.2, 0.25) is 0 Å². The van der Waals surface area contributed by atoms with E-state index >= 15 is 0 Å². The van der Waals surface area contributed by atoms with Gasteiger partial charge in [-0.05, 0) is 49.9 Å². The molecule has 7 heteroatoms. The summed E-state index contributed by atoms with van der Waals surface area (Å²) in [7, 11) is 1.82. The summed E-state index contributed by atoms with van der Waals surface area (Å²) in [5, 5.41) is 3.04. The summed E-state index contributed by atoms with van der Waals surface area (Å²) in [6, 6.07) is 5.81. The molecule has 1 aromatic carbocycles. The van der Waals surface area contributed by atoms with Crippen LogP contribution in [0.1, 0.15) is 46.7 Å². The number of aryl methyl sites for hydroxylation is 1. The van der Waals surface area contributed by atoms with Crippen molar-refractivity contribution in [2.75, 3.05) is 0 Å². The first kappa shape index (κ1) is 16.8. The fourth-order valence-corrected chi connectivity index (χ4v) is 4.18. The number of aromatic nitrogens is 2. The van der Waals surface area contributed by atoms with Gasteiger partial charge in [0, 0.05) is 43.1 Å². The predicted octanol–water partition coefficient (Wildman–Crippen LogP) is 2.12. The second kappa shape index (κ2) is 6.55. The van der Waals surface area contributed by atoms with Crippen LogP contribution in [0.15, 0.2) is 36.7 Å². The third kappa shape index (κ3) is 2.98. The smallest absolute Gasteiger partial charge is 0.290 e. The molecular weight excluding hydrogens is 335 g/mol. The molecule has 0 spiro atoms. The summed E-state index contributed by atoms with van der Waals surface area (Å²) in [6.45, 7) is 0. The number of benzene rings is 1. The first-order valence-electron chi connectivity index (χ1n) is 8.89. The monoisotopic (exact) mass is 356 g/mol. The van der Waals surface area contributed by atoms with E-state index in [0.29, 0.717) is 11.4 Å². The van der Waals surface area contributed by atoms with Crippen molar-refractivity contribution in [1.82, 2.24) is 19.8 Å². The van der Waals surface area contributed by atoms with Crippen molar-refractivity contribution >= 4 is 11.8 Å². The average Bonchev–Trinajstić information content (AvgIpc) is 3.16. The maximum Gasteiger partial charge on any atom is 0.290 e. The number of carbonyl (C=O) groups is 2. The Bertz CT molecular complexity index is 818. The van der Waals surface area contributed by atoms with E-state index in [1.54, 1.807) is 17.0 Å². The lowest BCUT2D eigenvalue weighted by atomic mass is 9.96. The highest BCUT2D eigenvalue weighted by Crippen LogP contribution is 2.36. The summed E-state index contributed by atoms with van der Waals surface area (Å²) in [4.78, 5) is 31.3. The molecule has 2 fully saturated rings. The van der Waals surface area contributed by atoms with Crippen molar-refractivity contribution in [1.29, 1.82) is 0 Å². The van der Waals surface area contributed by atoms with E-state index in [2.05, 4.69) is 10.3 Å². The first-order valence-corrected chi connectivity index (χ1v) is 8.89. The maximum atomic E-state index is 13.0. The minimum absolute atomic E-state index is 0.0236. The fourth-order valence-electron chi connectivity index (χ4n) is 4.18. The highest BCUT2D eigenvalue weighted by molar-refractivity contribution is 5.94. The minimum atomic E-state index is -0.360. The molecule has 2 amide bonds. The lowest BCUT2D eigenvalue weighted by molar-refractivity contribution is 0.0534. The molecule has 136 valence electrons. The molecule has 3 heterocycles. The number of halogens is 1. The Hall–Kier alpha value is -2.70. The van der Waals surface area contributed by atoms with Crippen LogP contribution in [0.25, 0.3) is 0 Å². The molecule has 2 aliphatic heterocycles. The van der Waals surface area contributed by atoms with E-state index in [1.807, 2.05) is 11.9 Å². The topological polar surface area (TPSA) is 67.2 Å². The van der Waals surface area contributed by atoms with Crippen LogP contribution in [-0.2, 0) is 7.05 Å². The number of hydrogen-bond acceptors (Lipinski definition) is 3. The lowest BCUT2D eigenvalue weighted by Crippen LogP contribution is -2.52. The predicted molar refractivity (Wildman–Crippen MR) is 93.1 cm³/mol. The van der Waals surface area contributed by atoms with Gasteiger partial charge in [0.1, 0.15) is 5.82 Å².